The minimum Gasteiger partial charge on any atom is -0.481 e. The van der Waals surface area contributed by atoms with Crippen LogP contribution in [0.1, 0.15) is 51.1 Å². The normalized spacial score (nSPS) is 22.0. The molecule has 0 atom stereocenters. The van der Waals surface area contributed by atoms with Crippen molar-refractivity contribution in [1.82, 2.24) is 10.3 Å². The number of hydrogen-bond acceptors (Lipinski definition) is 4. The van der Waals surface area contributed by atoms with Gasteiger partial charge in [0.1, 0.15) is 5.00 Å². The summed E-state index contributed by atoms with van der Waals surface area (Å²) in [6.45, 7) is 4.07. The van der Waals surface area contributed by atoms with E-state index in [4.69, 9.17) is 5.11 Å². The van der Waals surface area contributed by atoms with Gasteiger partial charge in [0.2, 0.25) is 0 Å². The van der Waals surface area contributed by atoms with Crippen LogP contribution in [0.25, 0.3) is 0 Å². The largest absolute Gasteiger partial charge is 0.481 e. The molecule has 7 heteroatoms. The summed E-state index contributed by atoms with van der Waals surface area (Å²) in [5.74, 6) is -0.734. The molecule has 1 heterocycles. The van der Waals surface area contributed by atoms with Crippen molar-refractivity contribution >= 4 is 28.3 Å². The third-order valence-corrected chi connectivity index (χ3v) is 4.54. The fraction of sp³-hybridized carbons (Fsp3) is 0.643. The van der Waals surface area contributed by atoms with Crippen LogP contribution in [0.5, 0.6) is 0 Å². The van der Waals surface area contributed by atoms with Gasteiger partial charge in [-0.15, -0.1) is 11.3 Å². The van der Waals surface area contributed by atoms with Crippen molar-refractivity contribution in [3.63, 3.8) is 0 Å². The average molecular weight is 311 g/mol. The lowest BCUT2D eigenvalue weighted by molar-refractivity contribution is -0.142. The lowest BCUT2D eigenvalue weighted by Gasteiger charge is -2.26. The summed E-state index contributed by atoms with van der Waals surface area (Å²) < 4.78 is 0. The molecule has 1 aromatic heterocycles. The molecule has 2 amide bonds. The summed E-state index contributed by atoms with van der Waals surface area (Å²) in [5, 5.41) is 15.5. The van der Waals surface area contributed by atoms with Gasteiger partial charge in [0.05, 0.1) is 17.1 Å². The van der Waals surface area contributed by atoms with Crippen molar-refractivity contribution in [2.24, 2.45) is 5.92 Å². The van der Waals surface area contributed by atoms with E-state index in [9.17, 15) is 9.59 Å². The summed E-state index contributed by atoms with van der Waals surface area (Å²) >= 11 is 1.41. The summed E-state index contributed by atoms with van der Waals surface area (Å²) in [7, 11) is 0. The number of amides is 2. The van der Waals surface area contributed by atoms with Gasteiger partial charge >= 0.3 is 12.0 Å². The number of rotatable bonds is 4. The fourth-order valence-corrected chi connectivity index (χ4v) is 3.40. The minimum absolute atomic E-state index is 0.0519. The number of hydrogen-bond donors (Lipinski definition) is 3. The van der Waals surface area contributed by atoms with E-state index in [0.29, 0.717) is 25.7 Å². The highest BCUT2D eigenvalue weighted by atomic mass is 32.1. The zero-order valence-electron chi connectivity index (χ0n) is 12.3. The molecule has 0 radical (unpaired) electrons. The van der Waals surface area contributed by atoms with Crippen molar-refractivity contribution in [1.29, 1.82) is 0 Å². The van der Waals surface area contributed by atoms with Gasteiger partial charge in [0.25, 0.3) is 0 Å². The van der Waals surface area contributed by atoms with Gasteiger partial charge in [-0.3, -0.25) is 10.1 Å². The molecule has 1 aliphatic carbocycles. The van der Waals surface area contributed by atoms with Crippen molar-refractivity contribution in [2.45, 2.75) is 51.5 Å². The van der Waals surface area contributed by atoms with Crippen LogP contribution in [0.4, 0.5) is 9.80 Å². The number of carbonyl (C=O) groups excluding carboxylic acids is 1. The number of carboxylic acids is 1. The molecule has 0 aromatic carbocycles. The number of nitrogens with zero attached hydrogens (tertiary/aromatic N) is 1. The molecular formula is C14H21N3O3S. The molecule has 0 unspecified atom stereocenters. The summed E-state index contributed by atoms with van der Waals surface area (Å²) in [5.41, 5.74) is 2.62. The highest BCUT2D eigenvalue weighted by Gasteiger charge is 2.26. The van der Waals surface area contributed by atoms with Gasteiger partial charge in [-0.05, 0) is 31.6 Å². The van der Waals surface area contributed by atoms with Crippen LogP contribution in [0, 0.1) is 5.92 Å². The number of carboxylic acid groups (broad SMARTS) is 1. The molecule has 1 fully saturated rings. The number of carbonyl (C=O) groups is 2. The van der Waals surface area contributed by atoms with E-state index in [2.05, 4.69) is 15.6 Å². The number of aromatic nitrogens is 1. The van der Waals surface area contributed by atoms with E-state index in [-0.39, 0.29) is 23.9 Å². The first-order valence-electron chi connectivity index (χ1n) is 7.21. The van der Waals surface area contributed by atoms with Crippen molar-refractivity contribution < 1.29 is 14.7 Å². The van der Waals surface area contributed by atoms with E-state index < -0.39 is 5.97 Å². The summed E-state index contributed by atoms with van der Waals surface area (Å²) in [4.78, 5) is 27.2. The van der Waals surface area contributed by atoms with Crippen LogP contribution in [0.3, 0.4) is 0 Å². The predicted molar refractivity (Wildman–Crippen MR) is 81.7 cm³/mol. The van der Waals surface area contributed by atoms with Gasteiger partial charge in [-0.1, -0.05) is 13.8 Å². The molecule has 1 saturated carbocycles. The standard InChI is InChI=1S/C14H21N3O3S/c1-8(2)11-12(21-7-15-11)17-14(20)16-10-5-3-9(4-6-10)13(18)19/h7-10H,3-6H2,1-2H3,(H,18,19)(H2,16,17,20). The quantitative estimate of drug-likeness (QED) is 0.797. The highest BCUT2D eigenvalue weighted by Crippen LogP contribution is 2.27. The maximum Gasteiger partial charge on any atom is 0.320 e. The summed E-state index contributed by atoms with van der Waals surface area (Å²) in [6, 6.07) is -0.184. The molecule has 2 rings (SSSR count). The van der Waals surface area contributed by atoms with Gasteiger partial charge in [-0.2, -0.15) is 0 Å². The molecule has 0 aliphatic heterocycles. The molecular weight excluding hydrogens is 290 g/mol. The fourth-order valence-electron chi connectivity index (χ4n) is 2.57. The molecule has 0 saturated heterocycles. The van der Waals surface area contributed by atoms with Crippen LogP contribution < -0.4 is 10.6 Å². The molecule has 0 bridgehead atoms. The van der Waals surface area contributed by atoms with Gasteiger partial charge in [0, 0.05) is 6.04 Å². The molecule has 1 aromatic rings. The number of urea groups is 1. The van der Waals surface area contributed by atoms with E-state index >= 15 is 0 Å². The van der Waals surface area contributed by atoms with Crippen molar-refractivity contribution in [3.8, 4) is 0 Å². The monoisotopic (exact) mass is 311 g/mol. The smallest absolute Gasteiger partial charge is 0.320 e. The second-order valence-corrected chi connectivity index (χ2v) is 6.56. The first kappa shape index (κ1) is 15.8. The maximum absolute atomic E-state index is 12.0. The van der Waals surface area contributed by atoms with Gasteiger partial charge < -0.3 is 10.4 Å². The Hall–Kier alpha value is -1.63. The van der Waals surface area contributed by atoms with Crippen LogP contribution in [-0.4, -0.2) is 28.1 Å². The first-order valence-corrected chi connectivity index (χ1v) is 8.09. The number of thiazole rings is 1. The third kappa shape index (κ3) is 4.17. The Balaban J connectivity index is 1.83. The molecule has 116 valence electrons. The minimum atomic E-state index is -0.732. The maximum atomic E-state index is 12.0. The van der Waals surface area contributed by atoms with E-state index in [1.807, 2.05) is 13.8 Å². The van der Waals surface area contributed by atoms with E-state index in [1.165, 1.54) is 11.3 Å². The van der Waals surface area contributed by atoms with E-state index in [0.717, 1.165) is 10.7 Å². The average Bonchev–Trinajstić information content (AvgIpc) is 2.87. The molecule has 21 heavy (non-hydrogen) atoms. The van der Waals surface area contributed by atoms with Gasteiger partial charge in [-0.25, -0.2) is 9.78 Å². The Morgan fingerprint density at radius 1 is 1.33 bits per heavy atom. The Morgan fingerprint density at radius 3 is 2.57 bits per heavy atom. The zero-order valence-corrected chi connectivity index (χ0v) is 13.1. The molecule has 3 N–H and O–H groups in total. The topological polar surface area (TPSA) is 91.3 Å². The Bertz CT molecular complexity index is 507. The van der Waals surface area contributed by atoms with E-state index in [1.54, 1.807) is 5.51 Å². The summed E-state index contributed by atoms with van der Waals surface area (Å²) in [6.07, 6.45) is 2.67. The lowest BCUT2D eigenvalue weighted by Crippen LogP contribution is -2.41. The second-order valence-electron chi connectivity index (χ2n) is 5.71. The van der Waals surface area contributed by atoms with Crippen LogP contribution >= 0.6 is 11.3 Å². The molecule has 6 nitrogen and oxygen atoms in total. The zero-order chi connectivity index (χ0) is 15.4. The third-order valence-electron chi connectivity index (χ3n) is 3.78. The number of aliphatic carboxylic acids is 1. The second kappa shape index (κ2) is 6.89. The van der Waals surface area contributed by atoms with Crippen LogP contribution in [-0.2, 0) is 4.79 Å². The predicted octanol–water partition coefficient (Wildman–Crippen LogP) is 3.03. The van der Waals surface area contributed by atoms with Gasteiger partial charge in [0.15, 0.2) is 0 Å². The number of nitrogens with one attached hydrogen (secondary N) is 2. The Kier molecular flexibility index (Phi) is 5.17. The Morgan fingerprint density at radius 2 is 2.00 bits per heavy atom. The molecule has 1 aliphatic rings. The SMILES string of the molecule is CC(C)c1ncsc1NC(=O)NC1CCC(C(=O)O)CC1. The number of anilines is 1. The lowest BCUT2D eigenvalue weighted by atomic mass is 9.86. The Labute approximate surface area is 128 Å². The first-order chi connectivity index (χ1) is 9.97. The van der Waals surface area contributed by atoms with Crippen molar-refractivity contribution in [2.75, 3.05) is 5.32 Å². The van der Waals surface area contributed by atoms with Crippen LogP contribution in [0.2, 0.25) is 0 Å². The molecule has 0 spiro atoms. The highest BCUT2D eigenvalue weighted by molar-refractivity contribution is 7.14. The van der Waals surface area contributed by atoms with Crippen LogP contribution in [0.15, 0.2) is 5.51 Å². The van der Waals surface area contributed by atoms with Crippen molar-refractivity contribution in [3.05, 3.63) is 11.2 Å².